The van der Waals surface area contributed by atoms with Gasteiger partial charge in [-0.1, -0.05) is 41.9 Å². The van der Waals surface area contributed by atoms with E-state index >= 15 is 0 Å². The molecule has 0 bridgehead atoms. The molecule has 156 valence electrons. The number of carbonyl (C=O) groups excluding carboxylic acids is 1. The normalized spacial score (nSPS) is 19.4. The molecule has 2 aromatic rings. The van der Waals surface area contributed by atoms with Crippen molar-refractivity contribution >= 4 is 27.3 Å². The molecule has 3 rings (SSSR count). The second kappa shape index (κ2) is 8.23. The molecule has 1 aliphatic heterocycles. The lowest BCUT2D eigenvalue weighted by Gasteiger charge is -2.22. The van der Waals surface area contributed by atoms with Crippen molar-refractivity contribution in [3.05, 3.63) is 64.7 Å². The van der Waals surface area contributed by atoms with Crippen molar-refractivity contribution in [2.24, 2.45) is 0 Å². The highest BCUT2D eigenvalue weighted by Crippen LogP contribution is 2.34. The number of rotatable bonds is 3. The zero-order chi connectivity index (χ0) is 21.2. The Hall–Kier alpha value is -2.26. The van der Waals surface area contributed by atoms with Crippen LogP contribution in [-0.4, -0.2) is 44.4 Å². The van der Waals surface area contributed by atoms with Crippen LogP contribution >= 0.6 is 11.6 Å². The summed E-state index contributed by atoms with van der Waals surface area (Å²) < 4.78 is 67.3. The summed E-state index contributed by atoms with van der Waals surface area (Å²) >= 11 is 6.15. The largest absolute Gasteiger partial charge is 0.573 e. The number of para-hydroxylation sites is 1. The molecule has 1 aliphatic rings. The van der Waals surface area contributed by atoms with Gasteiger partial charge in [-0.25, -0.2) is 8.42 Å². The molecular weight excluding hydrogens is 431 g/mol. The van der Waals surface area contributed by atoms with Crippen LogP contribution in [0.2, 0.25) is 5.02 Å². The van der Waals surface area contributed by atoms with E-state index in [-0.39, 0.29) is 30.8 Å². The maximum absolute atomic E-state index is 12.8. The summed E-state index contributed by atoms with van der Waals surface area (Å²) in [6.45, 7) is -0.0865. The smallest absolute Gasteiger partial charge is 0.405 e. The van der Waals surface area contributed by atoms with E-state index < -0.39 is 33.1 Å². The molecule has 29 heavy (non-hydrogen) atoms. The first kappa shape index (κ1) is 21.4. The van der Waals surface area contributed by atoms with E-state index in [9.17, 15) is 26.4 Å². The van der Waals surface area contributed by atoms with E-state index in [1.165, 1.54) is 23.1 Å². The molecule has 0 unspecified atom stereocenters. The molecule has 1 atom stereocenters. The summed E-state index contributed by atoms with van der Waals surface area (Å²) in [6, 6.07) is 11.6. The highest BCUT2D eigenvalue weighted by molar-refractivity contribution is 7.91. The van der Waals surface area contributed by atoms with Crippen LogP contribution in [0.1, 0.15) is 27.6 Å². The van der Waals surface area contributed by atoms with E-state index in [4.69, 9.17) is 11.6 Å². The van der Waals surface area contributed by atoms with Gasteiger partial charge < -0.3 is 9.64 Å². The molecule has 0 spiro atoms. The van der Waals surface area contributed by atoms with Gasteiger partial charge in [0.25, 0.3) is 5.91 Å². The van der Waals surface area contributed by atoms with Crippen molar-refractivity contribution < 1.29 is 31.1 Å². The molecule has 2 aromatic carbocycles. The van der Waals surface area contributed by atoms with E-state index in [1.807, 2.05) is 0 Å². The zero-order valence-electron chi connectivity index (χ0n) is 15.0. The minimum Gasteiger partial charge on any atom is -0.405 e. The van der Waals surface area contributed by atoms with Gasteiger partial charge in [0.15, 0.2) is 9.84 Å². The lowest BCUT2D eigenvalue weighted by atomic mass is 10.1. The van der Waals surface area contributed by atoms with Crippen molar-refractivity contribution in [2.75, 3.05) is 18.8 Å². The van der Waals surface area contributed by atoms with Gasteiger partial charge in [0.05, 0.1) is 16.6 Å². The van der Waals surface area contributed by atoms with Gasteiger partial charge >= 0.3 is 6.36 Å². The number of hydrogen-bond acceptors (Lipinski definition) is 4. The Balaban J connectivity index is 1.86. The Bertz CT molecular complexity index is 1010. The van der Waals surface area contributed by atoms with Crippen LogP contribution in [0.25, 0.3) is 0 Å². The maximum atomic E-state index is 12.8. The highest BCUT2D eigenvalue weighted by Gasteiger charge is 2.36. The van der Waals surface area contributed by atoms with Crippen LogP contribution in [0.3, 0.4) is 0 Å². The average Bonchev–Trinajstić information content (AvgIpc) is 2.79. The molecule has 1 saturated heterocycles. The van der Waals surface area contributed by atoms with E-state index in [2.05, 4.69) is 4.74 Å². The Morgan fingerprint density at radius 2 is 1.72 bits per heavy atom. The molecular formula is C19H17ClF3NO4S. The number of halogens is 4. The lowest BCUT2D eigenvalue weighted by molar-refractivity contribution is -0.274. The minimum absolute atomic E-state index is 0.0499. The van der Waals surface area contributed by atoms with Crippen LogP contribution in [0.5, 0.6) is 5.75 Å². The number of sulfone groups is 1. The predicted molar refractivity (Wildman–Crippen MR) is 102 cm³/mol. The fourth-order valence-electron chi connectivity index (χ4n) is 3.26. The number of hydrogen-bond donors (Lipinski definition) is 0. The fraction of sp³-hybridized carbons (Fsp3) is 0.316. The summed E-state index contributed by atoms with van der Waals surface area (Å²) in [5.74, 6) is -1.67. The van der Waals surface area contributed by atoms with Crippen molar-refractivity contribution in [1.29, 1.82) is 0 Å². The van der Waals surface area contributed by atoms with E-state index in [0.717, 1.165) is 6.07 Å². The third kappa shape index (κ3) is 5.02. The molecule has 0 N–H and O–H groups in total. The van der Waals surface area contributed by atoms with Crippen LogP contribution in [0.15, 0.2) is 48.5 Å². The Morgan fingerprint density at radius 1 is 1.07 bits per heavy atom. The van der Waals surface area contributed by atoms with Crippen LogP contribution in [0, 0.1) is 0 Å². The molecule has 10 heteroatoms. The summed E-state index contributed by atoms with van der Waals surface area (Å²) in [5, 5.41) is -0.583. The summed E-state index contributed by atoms with van der Waals surface area (Å²) in [4.78, 5) is 14.1. The van der Waals surface area contributed by atoms with E-state index in [1.54, 1.807) is 24.3 Å². The topological polar surface area (TPSA) is 63.7 Å². The SMILES string of the molecule is O=C(c1ccccc1OC(F)(F)F)N1CC[C@@H](c2ccccc2Cl)S(=O)(=O)CC1. The van der Waals surface area contributed by atoms with Crippen LogP contribution < -0.4 is 4.74 Å². The number of nitrogens with zero attached hydrogens (tertiary/aromatic N) is 1. The summed E-state index contributed by atoms with van der Waals surface area (Å²) in [5.41, 5.74) is 0.169. The number of carbonyl (C=O) groups is 1. The molecule has 1 fully saturated rings. The van der Waals surface area contributed by atoms with Crippen LogP contribution in [-0.2, 0) is 9.84 Å². The molecule has 0 aromatic heterocycles. The fourth-order valence-corrected chi connectivity index (χ4v) is 5.41. The Labute approximate surface area is 170 Å². The number of benzene rings is 2. The quantitative estimate of drug-likeness (QED) is 0.706. The van der Waals surface area contributed by atoms with Gasteiger partial charge in [-0.05, 0) is 30.2 Å². The van der Waals surface area contributed by atoms with Crippen molar-refractivity contribution in [3.8, 4) is 5.75 Å². The van der Waals surface area contributed by atoms with E-state index in [0.29, 0.717) is 10.6 Å². The predicted octanol–water partition coefficient (Wildman–Crippen LogP) is 4.24. The van der Waals surface area contributed by atoms with Gasteiger partial charge in [0.1, 0.15) is 5.75 Å². The van der Waals surface area contributed by atoms with Crippen molar-refractivity contribution in [2.45, 2.75) is 18.0 Å². The summed E-state index contributed by atoms with van der Waals surface area (Å²) in [7, 11) is -3.61. The van der Waals surface area contributed by atoms with Gasteiger partial charge in [-0.15, -0.1) is 13.2 Å². The van der Waals surface area contributed by atoms with Gasteiger partial charge in [-0.3, -0.25) is 4.79 Å². The maximum Gasteiger partial charge on any atom is 0.573 e. The molecule has 0 radical (unpaired) electrons. The number of ether oxygens (including phenoxy) is 1. The highest BCUT2D eigenvalue weighted by atomic mass is 35.5. The van der Waals surface area contributed by atoms with Crippen molar-refractivity contribution in [1.82, 2.24) is 4.90 Å². The minimum atomic E-state index is -4.95. The monoisotopic (exact) mass is 447 g/mol. The summed E-state index contributed by atoms with van der Waals surface area (Å²) in [6.07, 6.45) is -4.87. The van der Waals surface area contributed by atoms with Gasteiger partial charge in [0, 0.05) is 18.1 Å². The van der Waals surface area contributed by atoms with Crippen LogP contribution in [0.4, 0.5) is 13.2 Å². The zero-order valence-corrected chi connectivity index (χ0v) is 16.6. The first-order chi connectivity index (χ1) is 13.6. The third-order valence-electron chi connectivity index (χ3n) is 4.62. The Morgan fingerprint density at radius 3 is 2.41 bits per heavy atom. The molecule has 0 aliphatic carbocycles. The third-order valence-corrected chi connectivity index (χ3v) is 7.08. The second-order valence-corrected chi connectivity index (χ2v) is 9.21. The molecule has 1 heterocycles. The molecule has 1 amide bonds. The second-order valence-electron chi connectivity index (χ2n) is 6.50. The average molecular weight is 448 g/mol. The van der Waals surface area contributed by atoms with Gasteiger partial charge in [-0.2, -0.15) is 0 Å². The first-order valence-corrected chi connectivity index (χ1v) is 10.8. The number of amides is 1. The van der Waals surface area contributed by atoms with Crippen molar-refractivity contribution in [3.63, 3.8) is 0 Å². The Kier molecular flexibility index (Phi) is 6.09. The standard InChI is InChI=1S/C19H17ClF3NO4S/c20-15-7-3-1-5-13(15)17-9-10-24(11-12-29(17,26)27)18(25)14-6-2-4-8-16(14)28-19(21,22)23/h1-8,17H,9-12H2/t17-/m0/s1. The number of alkyl halides is 3. The lowest BCUT2D eigenvalue weighted by Crippen LogP contribution is -2.34. The van der Waals surface area contributed by atoms with Gasteiger partial charge in [0.2, 0.25) is 0 Å². The molecule has 0 saturated carbocycles. The molecule has 5 nitrogen and oxygen atoms in total. The first-order valence-electron chi connectivity index (χ1n) is 8.68.